The average molecular weight is 225 g/mol. The summed E-state index contributed by atoms with van der Waals surface area (Å²) >= 11 is 0. The molecule has 2 heterocycles. The molecule has 0 saturated carbocycles. The van der Waals surface area contributed by atoms with Gasteiger partial charge in [0, 0.05) is 18.6 Å². The normalized spacial score (nSPS) is 32.1. The number of likely N-dealkylation sites (tertiary alicyclic amines) is 2. The molecule has 94 valence electrons. The minimum absolute atomic E-state index is 0.376. The SMILES string of the molecule is CCN1CCC(N2CCC(C(C)N)C2)CC1. The van der Waals surface area contributed by atoms with Gasteiger partial charge in [0.15, 0.2) is 0 Å². The molecule has 0 aromatic rings. The first-order valence-corrected chi connectivity index (χ1v) is 6.92. The van der Waals surface area contributed by atoms with Crippen LogP contribution in [0.1, 0.15) is 33.1 Å². The summed E-state index contributed by atoms with van der Waals surface area (Å²) in [5.74, 6) is 0.740. The molecular formula is C13H27N3. The van der Waals surface area contributed by atoms with Crippen LogP contribution in [-0.4, -0.2) is 54.6 Å². The molecule has 0 bridgehead atoms. The van der Waals surface area contributed by atoms with Crippen molar-refractivity contribution < 1.29 is 0 Å². The van der Waals surface area contributed by atoms with Gasteiger partial charge in [0.25, 0.3) is 0 Å². The van der Waals surface area contributed by atoms with E-state index in [-0.39, 0.29) is 0 Å². The summed E-state index contributed by atoms with van der Waals surface area (Å²) in [5.41, 5.74) is 6.00. The first-order valence-electron chi connectivity index (χ1n) is 6.92. The van der Waals surface area contributed by atoms with Crippen LogP contribution in [0.4, 0.5) is 0 Å². The fraction of sp³-hybridized carbons (Fsp3) is 1.00. The lowest BCUT2D eigenvalue weighted by Crippen LogP contribution is -2.44. The van der Waals surface area contributed by atoms with Gasteiger partial charge >= 0.3 is 0 Å². The molecule has 2 aliphatic heterocycles. The minimum atomic E-state index is 0.376. The van der Waals surface area contributed by atoms with E-state index < -0.39 is 0 Å². The lowest BCUT2D eigenvalue weighted by Gasteiger charge is -2.36. The van der Waals surface area contributed by atoms with E-state index in [9.17, 15) is 0 Å². The Morgan fingerprint density at radius 1 is 1.19 bits per heavy atom. The van der Waals surface area contributed by atoms with Crippen molar-refractivity contribution in [1.29, 1.82) is 0 Å². The molecule has 2 fully saturated rings. The molecule has 2 atom stereocenters. The van der Waals surface area contributed by atoms with Crippen LogP contribution >= 0.6 is 0 Å². The smallest absolute Gasteiger partial charge is 0.0120 e. The molecule has 2 N–H and O–H groups in total. The molecule has 3 nitrogen and oxygen atoms in total. The van der Waals surface area contributed by atoms with Gasteiger partial charge in [-0.25, -0.2) is 0 Å². The van der Waals surface area contributed by atoms with Crippen molar-refractivity contribution in [3.8, 4) is 0 Å². The van der Waals surface area contributed by atoms with Gasteiger partial charge in [-0.15, -0.1) is 0 Å². The van der Waals surface area contributed by atoms with Gasteiger partial charge in [-0.1, -0.05) is 6.92 Å². The Balaban J connectivity index is 1.78. The Hall–Kier alpha value is -0.120. The Morgan fingerprint density at radius 3 is 2.38 bits per heavy atom. The highest BCUT2D eigenvalue weighted by Crippen LogP contribution is 2.25. The number of hydrogen-bond donors (Lipinski definition) is 1. The number of rotatable bonds is 3. The van der Waals surface area contributed by atoms with E-state index in [0.717, 1.165) is 12.0 Å². The third-order valence-corrected chi connectivity index (χ3v) is 4.52. The summed E-state index contributed by atoms with van der Waals surface area (Å²) in [7, 11) is 0. The summed E-state index contributed by atoms with van der Waals surface area (Å²) in [6.45, 7) is 10.8. The highest BCUT2D eigenvalue weighted by Gasteiger charge is 2.31. The molecular weight excluding hydrogens is 198 g/mol. The largest absolute Gasteiger partial charge is 0.328 e. The van der Waals surface area contributed by atoms with E-state index in [2.05, 4.69) is 23.6 Å². The van der Waals surface area contributed by atoms with Gasteiger partial charge in [-0.2, -0.15) is 0 Å². The molecule has 2 unspecified atom stereocenters. The predicted molar refractivity (Wildman–Crippen MR) is 68.5 cm³/mol. The van der Waals surface area contributed by atoms with Crippen molar-refractivity contribution in [3.63, 3.8) is 0 Å². The molecule has 0 aromatic carbocycles. The highest BCUT2D eigenvalue weighted by atomic mass is 15.2. The maximum atomic E-state index is 6.00. The Labute approximate surface area is 100.0 Å². The number of hydrogen-bond acceptors (Lipinski definition) is 3. The maximum absolute atomic E-state index is 6.00. The lowest BCUT2D eigenvalue weighted by molar-refractivity contribution is 0.127. The molecule has 2 aliphatic rings. The topological polar surface area (TPSA) is 32.5 Å². The van der Waals surface area contributed by atoms with Crippen molar-refractivity contribution in [2.75, 3.05) is 32.7 Å². The standard InChI is InChI=1S/C13H27N3/c1-3-15-7-5-13(6-8-15)16-9-4-12(10-16)11(2)14/h11-13H,3-10,14H2,1-2H3. The summed E-state index contributed by atoms with van der Waals surface area (Å²) in [4.78, 5) is 5.26. The fourth-order valence-corrected chi connectivity index (χ4v) is 3.18. The molecule has 0 amide bonds. The zero-order chi connectivity index (χ0) is 11.5. The minimum Gasteiger partial charge on any atom is -0.328 e. The number of nitrogens with two attached hydrogens (primary N) is 1. The van der Waals surface area contributed by atoms with Crippen LogP contribution in [0.15, 0.2) is 0 Å². The van der Waals surface area contributed by atoms with Crippen molar-refractivity contribution in [2.45, 2.75) is 45.2 Å². The second-order valence-electron chi connectivity index (χ2n) is 5.57. The zero-order valence-corrected chi connectivity index (χ0v) is 10.9. The monoisotopic (exact) mass is 225 g/mol. The van der Waals surface area contributed by atoms with Crippen LogP contribution in [0.5, 0.6) is 0 Å². The molecule has 0 spiro atoms. The van der Waals surface area contributed by atoms with E-state index in [1.807, 2.05) is 0 Å². The predicted octanol–water partition coefficient (Wildman–Crippen LogP) is 1.14. The first kappa shape index (κ1) is 12.3. The summed E-state index contributed by atoms with van der Waals surface area (Å²) < 4.78 is 0. The van der Waals surface area contributed by atoms with E-state index >= 15 is 0 Å². The van der Waals surface area contributed by atoms with E-state index in [4.69, 9.17) is 5.73 Å². The third kappa shape index (κ3) is 2.76. The van der Waals surface area contributed by atoms with Gasteiger partial charge in [0.2, 0.25) is 0 Å². The van der Waals surface area contributed by atoms with Crippen LogP contribution < -0.4 is 5.73 Å². The summed E-state index contributed by atoms with van der Waals surface area (Å²) in [5, 5.41) is 0. The van der Waals surface area contributed by atoms with Crippen molar-refractivity contribution in [2.24, 2.45) is 11.7 Å². The quantitative estimate of drug-likeness (QED) is 0.782. The highest BCUT2D eigenvalue weighted by molar-refractivity contribution is 4.87. The van der Waals surface area contributed by atoms with E-state index in [1.165, 1.54) is 52.0 Å². The fourth-order valence-electron chi connectivity index (χ4n) is 3.18. The lowest BCUT2D eigenvalue weighted by atomic mass is 10.0. The molecule has 2 rings (SSSR count). The van der Waals surface area contributed by atoms with E-state index in [0.29, 0.717) is 6.04 Å². The van der Waals surface area contributed by atoms with Gasteiger partial charge < -0.3 is 10.6 Å². The molecule has 0 aliphatic carbocycles. The van der Waals surface area contributed by atoms with Crippen molar-refractivity contribution in [1.82, 2.24) is 9.80 Å². The zero-order valence-electron chi connectivity index (χ0n) is 10.9. The Kier molecular flexibility index (Phi) is 4.22. The Morgan fingerprint density at radius 2 is 1.88 bits per heavy atom. The van der Waals surface area contributed by atoms with Crippen LogP contribution in [0.3, 0.4) is 0 Å². The molecule has 3 heteroatoms. The second-order valence-corrected chi connectivity index (χ2v) is 5.57. The number of nitrogens with zero attached hydrogens (tertiary/aromatic N) is 2. The molecule has 0 radical (unpaired) electrons. The molecule has 0 aromatic heterocycles. The van der Waals surface area contributed by atoms with Crippen LogP contribution in [-0.2, 0) is 0 Å². The van der Waals surface area contributed by atoms with Crippen LogP contribution in [0, 0.1) is 5.92 Å². The Bertz CT molecular complexity index is 209. The average Bonchev–Trinajstić information content (AvgIpc) is 2.78. The molecule has 2 saturated heterocycles. The van der Waals surface area contributed by atoms with Crippen molar-refractivity contribution >= 4 is 0 Å². The van der Waals surface area contributed by atoms with Gasteiger partial charge in [0.05, 0.1) is 0 Å². The maximum Gasteiger partial charge on any atom is 0.0120 e. The van der Waals surface area contributed by atoms with Crippen LogP contribution in [0.25, 0.3) is 0 Å². The van der Waals surface area contributed by atoms with Gasteiger partial charge in [0.1, 0.15) is 0 Å². The van der Waals surface area contributed by atoms with Gasteiger partial charge in [-0.05, 0) is 58.3 Å². The molecule has 16 heavy (non-hydrogen) atoms. The van der Waals surface area contributed by atoms with Gasteiger partial charge in [-0.3, -0.25) is 4.90 Å². The van der Waals surface area contributed by atoms with Crippen molar-refractivity contribution in [3.05, 3.63) is 0 Å². The van der Waals surface area contributed by atoms with E-state index in [1.54, 1.807) is 0 Å². The third-order valence-electron chi connectivity index (χ3n) is 4.52. The summed E-state index contributed by atoms with van der Waals surface area (Å²) in [6.07, 6.45) is 4.03. The summed E-state index contributed by atoms with van der Waals surface area (Å²) in [6, 6.07) is 1.22. The second kappa shape index (κ2) is 5.48. The van der Waals surface area contributed by atoms with Crippen LogP contribution in [0.2, 0.25) is 0 Å². The first-order chi connectivity index (χ1) is 7.70. The number of piperidine rings is 1.